The molecule has 4 aliphatic rings. The summed E-state index contributed by atoms with van der Waals surface area (Å²) >= 11 is 6.08. The van der Waals surface area contributed by atoms with E-state index in [2.05, 4.69) is 10.1 Å². The van der Waals surface area contributed by atoms with Gasteiger partial charge in [0, 0.05) is 69.1 Å². The molecule has 55 heavy (non-hydrogen) atoms. The molecular weight excluding hydrogens is 761 g/mol. The van der Waals surface area contributed by atoms with Crippen LogP contribution >= 0.6 is 11.6 Å². The SMILES string of the molecule is Cc1c(C(=O)N(C)C)nn2c1CN(c1nc(OC[C@@]34CC(=C(F)F)CN3C[C@H](C=C(F)F)C4)nc3c1COC(c1cc(N)cc(Cl)c1C(F)(F)F)C3)CCC2. The Bertz CT molecular complexity index is 2080. The number of amides is 1. The number of nitrogens with two attached hydrogens (primary N) is 1. The molecule has 11 nitrogen and oxygen atoms in total. The molecule has 0 aliphatic carbocycles. The smallest absolute Gasteiger partial charge is 0.418 e. The third-order valence-corrected chi connectivity index (χ3v) is 11.1. The third kappa shape index (κ3) is 7.47. The van der Waals surface area contributed by atoms with Gasteiger partial charge in [0.15, 0.2) is 5.69 Å². The molecule has 0 saturated carbocycles. The summed E-state index contributed by atoms with van der Waals surface area (Å²) in [7, 11) is 3.26. The van der Waals surface area contributed by atoms with E-state index in [4.69, 9.17) is 31.8 Å². The molecule has 2 N–H and O–H groups in total. The second-order valence-electron chi connectivity index (χ2n) is 14.7. The predicted molar refractivity (Wildman–Crippen MR) is 187 cm³/mol. The number of ether oxygens (including phenoxy) is 2. The molecular formula is C36H38ClF7N8O3. The fourth-order valence-corrected chi connectivity index (χ4v) is 8.61. The fourth-order valence-electron chi connectivity index (χ4n) is 8.27. The number of nitrogen functional groups attached to an aromatic ring is 1. The van der Waals surface area contributed by atoms with Gasteiger partial charge < -0.3 is 25.0 Å². The number of benzene rings is 1. The Kier molecular flexibility index (Phi) is 10.3. The lowest BCUT2D eigenvalue weighted by Gasteiger charge is -2.33. The maximum Gasteiger partial charge on any atom is 0.418 e. The maximum absolute atomic E-state index is 14.3. The Morgan fingerprint density at radius 1 is 1.16 bits per heavy atom. The van der Waals surface area contributed by atoms with Crippen LogP contribution in [0.25, 0.3) is 0 Å². The van der Waals surface area contributed by atoms with Crippen LogP contribution in [0.5, 0.6) is 6.01 Å². The van der Waals surface area contributed by atoms with Gasteiger partial charge in [-0.3, -0.25) is 14.4 Å². The van der Waals surface area contributed by atoms with Gasteiger partial charge in [-0.25, -0.2) is 0 Å². The van der Waals surface area contributed by atoms with Gasteiger partial charge in [0.1, 0.15) is 12.4 Å². The topological polar surface area (TPSA) is 115 Å². The van der Waals surface area contributed by atoms with Crippen LogP contribution in [0.3, 0.4) is 0 Å². The van der Waals surface area contributed by atoms with Crippen molar-refractivity contribution < 1.29 is 45.0 Å². The Balaban J connectivity index is 1.28. The van der Waals surface area contributed by atoms with E-state index >= 15 is 0 Å². The third-order valence-electron chi connectivity index (χ3n) is 10.8. The molecule has 6 heterocycles. The van der Waals surface area contributed by atoms with Crippen molar-refractivity contribution in [2.45, 2.75) is 70.1 Å². The van der Waals surface area contributed by atoms with Crippen molar-refractivity contribution in [2.75, 3.05) is 51.0 Å². The second kappa shape index (κ2) is 14.6. The Morgan fingerprint density at radius 3 is 2.62 bits per heavy atom. The van der Waals surface area contributed by atoms with Crippen molar-refractivity contribution in [3.8, 4) is 6.01 Å². The molecule has 3 aromatic rings. The van der Waals surface area contributed by atoms with Gasteiger partial charge in [-0.2, -0.15) is 45.8 Å². The van der Waals surface area contributed by atoms with Crippen molar-refractivity contribution in [3.63, 3.8) is 0 Å². The van der Waals surface area contributed by atoms with Gasteiger partial charge >= 0.3 is 12.2 Å². The van der Waals surface area contributed by atoms with Gasteiger partial charge in [-0.05, 0) is 55.9 Å². The summed E-state index contributed by atoms with van der Waals surface area (Å²) in [5.41, 5.74) is 6.00. The molecule has 2 fully saturated rings. The summed E-state index contributed by atoms with van der Waals surface area (Å²) in [6.45, 7) is 2.61. The van der Waals surface area contributed by atoms with Crippen LogP contribution < -0.4 is 15.4 Å². The van der Waals surface area contributed by atoms with E-state index in [1.807, 2.05) is 4.90 Å². The minimum absolute atomic E-state index is 0.00863. The molecule has 0 bridgehead atoms. The molecule has 19 heteroatoms. The molecule has 2 aromatic heterocycles. The van der Waals surface area contributed by atoms with Crippen LogP contribution in [-0.4, -0.2) is 81.3 Å². The summed E-state index contributed by atoms with van der Waals surface area (Å²) in [5.74, 6) is -0.486. The highest BCUT2D eigenvalue weighted by atomic mass is 35.5. The summed E-state index contributed by atoms with van der Waals surface area (Å²) in [4.78, 5) is 27.4. The number of alkyl halides is 3. The van der Waals surface area contributed by atoms with E-state index in [1.165, 1.54) is 11.0 Å². The molecule has 2 saturated heterocycles. The largest absolute Gasteiger partial charge is 0.461 e. The first kappa shape index (κ1) is 38.8. The Labute approximate surface area is 316 Å². The lowest BCUT2D eigenvalue weighted by Crippen LogP contribution is -2.43. The van der Waals surface area contributed by atoms with Gasteiger partial charge in [0.05, 0.1) is 46.8 Å². The van der Waals surface area contributed by atoms with Crippen LogP contribution in [0, 0.1) is 12.8 Å². The zero-order valence-electron chi connectivity index (χ0n) is 30.1. The summed E-state index contributed by atoms with van der Waals surface area (Å²) in [6.07, 6.45) is -8.43. The predicted octanol–water partition coefficient (Wildman–Crippen LogP) is 6.94. The minimum Gasteiger partial charge on any atom is -0.461 e. The number of anilines is 2. The molecule has 1 unspecified atom stereocenters. The van der Waals surface area contributed by atoms with Gasteiger partial charge in [-0.15, -0.1) is 0 Å². The number of aryl methyl sites for hydroxylation is 1. The first-order valence-corrected chi connectivity index (χ1v) is 18.0. The number of rotatable bonds is 7. The number of halogens is 8. The Hall–Kier alpha value is -4.42. The molecule has 1 amide bonds. The van der Waals surface area contributed by atoms with Gasteiger partial charge in [-0.1, -0.05) is 11.6 Å². The van der Waals surface area contributed by atoms with Crippen molar-refractivity contribution >= 4 is 29.0 Å². The average Bonchev–Trinajstić information content (AvgIpc) is 3.65. The van der Waals surface area contributed by atoms with Crippen LogP contribution in [-0.2, 0) is 37.0 Å². The van der Waals surface area contributed by atoms with E-state index in [1.54, 1.807) is 30.6 Å². The van der Waals surface area contributed by atoms with E-state index in [0.717, 1.165) is 17.8 Å². The highest BCUT2D eigenvalue weighted by Crippen LogP contribution is 2.47. The summed E-state index contributed by atoms with van der Waals surface area (Å²) in [6, 6.07) is 2.02. The number of hydrogen-bond acceptors (Lipinski definition) is 9. The standard InChI is InChI=1S/C36H38ClF7N8O3/c1-18-26-15-50(5-4-6-52(26)48-30(18)33(53)49(2)3)32-23-16-54-27(22-8-21(45)9-24(37)29(22)36(42,43)44)10-25(23)46-34(47-32)55-17-35-11-19(7-28(38)39)13-51(35)14-20(12-35)31(40)41/h7-9,19,27H,4-6,10-17,45H2,1-3H3/t19-,27?,35-/m1/s1. The summed E-state index contributed by atoms with van der Waals surface area (Å²) < 4.78 is 111. The van der Waals surface area contributed by atoms with E-state index in [-0.39, 0.29) is 80.9 Å². The lowest BCUT2D eigenvalue weighted by molar-refractivity contribution is -0.139. The monoisotopic (exact) mass is 798 g/mol. The fraction of sp³-hybridized carbons (Fsp3) is 0.500. The molecule has 0 radical (unpaired) electrons. The summed E-state index contributed by atoms with van der Waals surface area (Å²) in [5, 5.41) is 4.01. The first-order chi connectivity index (χ1) is 25.9. The molecule has 4 aliphatic heterocycles. The second-order valence-corrected chi connectivity index (χ2v) is 15.1. The van der Waals surface area contributed by atoms with Gasteiger partial charge in [0.2, 0.25) is 0 Å². The minimum atomic E-state index is -4.83. The highest BCUT2D eigenvalue weighted by Gasteiger charge is 2.52. The van der Waals surface area contributed by atoms with E-state index in [9.17, 15) is 35.5 Å². The number of carbonyl (C=O) groups excluding carboxylic acids is 1. The molecule has 1 aromatic carbocycles. The molecule has 7 rings (SSSR count). The maximum atomic E-state index is 14.3. The van der Waals surface area contributed by atoms with Crippen molar-refractivity contribution in [1.29, 1.82) is 0 Å². The van der Waals surface area contributed by atoms with E-state index in [0.29, 0.717) is 47.8 Å². The number of carbonyl (C=O) groups is 1. The number of nitrogens with zero attached hydrogens (tertiary/aromatic N) is 7. The van der Waals surface area contributed by atoms with E-state index < -0.39 is 46.5 Å². The molecule has 3 atom stereocenters. The number of fused-ring (bicyclic) bond motifs is 3. The van der Waals surface area contributed by atoms with Crippen LogP contribution in [0.15, 0.2) is 35.9 Å². The lowest BCUT2D eigenvalue weighted by atomic mass is 9.89. The quantitative estimate of drug-likeness (QED) is 0.201. The number of aromatic nitrogens is 4. The van der Waals surface area contributed by atoms with Crippen LogP contribution in [0.1, 0.15) is 69.5 Å². The Morgan fingerprint density at radius 2 is 1.93 bits per heavy atom. The normalized spacial score (nSPS) is 22.5. The highest BCUT2D eigenvalue weighted by molar-refractivity contribution is 6.31. The molecule has 296 valence electrons. The zero-order valence-corrected chi connectivity index (χ0v) is 30.9. The molecule has 0 spiro atoms. The first-order valence-electron chi connectivity index (χ1n) is 17.6. The van der Waals surface area contributed by atoms with Crippen LogP contribution in [0.2, 0.25) is 5.02 Å². The van der Waals surface area contributed by atoms with Crippen molar-refractivity contribution in [2.24, 2.45) is 5.92 Å². The van der Waals surface area contributed by atoms with Crippen molar-refractivity contribution in [1.82, 2.24) is 29.5 Å². The van der Waals surface area contributed by atoms with Gasteiger partial charge in [0.25, 0.3) is 18.1 Å². The average molecular weight is 799 g/mol. The zero-order chi connectivity index (χ0) is 39.6. The van der Waals surface area contributed by atoms with Crippen LogP contribution in [0.4, 0.5) is 42.2 Å². The van der Waals surface area contributed by atoms with Crippen molar-refractivity contribution in [3.05, 3.63) is 80.3 Å². The number of hydrogen-bond donors (Lipinski definition) is 1.